The molecule has 16 heteroatoms. The summed E-state index contributed by atoms with van der Waals surface area (Å²) in [5.74, 6) is -1.67. The zero-order valence-electron chi connectivity index (χ0n) is 28.7. The van der Waals surface area contributed by atoms with Crippen molar-refractivity contribution < 1.29 is 41.7 Å². The molecule has 0 aliphatic carbocycles. The number of cyclic esters (lactones) is 1. The van der Waals surface area contributed by atoms with Crippen molar-refractivity contribution in [1.29, 1.82) is 5.41 Å². The number of nitrogens with one attached hydrogen (secondary N) is 2. The smallest absolute Gasteiger partial charge is 0.410 e. The molecule has 15 nitrogen and oxygen atoms in total. The van der Waals surface area contributed by atoms with Gasteiger partial charge < -0.3 is 40.6 Å². The van der Waals surface area contributed by atoms with Crippen molar-refractivity contribution in [2.24, 2.45) is 11.5 Å². The second kappa shape index (κ2) is 16.3. The number of esters is 2. The van der Waals surface area contributed by atoms with Crippen molar-refractivity contribution in [2.45, 2.75) is 81.9 Å². The summed E-state index contributed by atoms with van der Waals surface area (Å²) in [6, 6.07) is 6.47. The molecule has 6 N–H and O–H groups in total. The fraction of sp³-hybridized carbons (Fsp3) is 0.688. The number of sulfone groups is 1. The Hall–Kier alpha value is -3.47. The Morgan fingerprint density at radius 1 is 1.10 bits per heavy atom. The average molecular weight is 697 g/mol. The van der Waals surface area contributed by atoms with Gasteiger partial charge in [0.2, 0.25) is 4.87 Å². The standard InChI is InChI=1S/C32H52N6O9S/c1-6-7-19-48(42,43)32(35,28(40)44-5)20-23-9-11-24(12-10-23)45-22-25-21-37(29(41)46-25)16-8-13-31(26(33)34,27(39)47-30(2,3)4)38-17-14-36-15-18-38/h9-12,25,36H,6-8,13-22,35H2,1-5H3,(H3,33,34). The lowest BCUT2D eigenvalue weighted by molar-refractivity contribution is -0.166. The maximum Gasteiger partial charge on any atom is 0.410 e. The van der Waals surface area contributed by atoms with Crippen molar-refractivity contribution in [3.05, 3.63) is 29.8 Å². The molecule has 0 radical (unpaired) electrons. The molecule has 0 spiro atoms. The number of carbonyl (C=O) groups excluding carboxylic acids is 3. The molecule has 3 rings (SSSR count). The Kier molecular flexibility index (Phi) is 13.2. The van der Waals surface area contributed by atoms with Crippen molar-refractivity contribution >= 4 is 33.7 Å². The van der Waals surface area contributed by atoms with E-state index in [1.807, 2.05) is 11.8 Å². The molecule has 0 bridgehead atoms. The topological polar surface area (TPSA) is 217 Å². The third kappa shape index (κ3) is 9.36. The Labute approximate surface area is 283 Å². The van der Waals surface area contributed by atoms with E-state index in [4.69, 9.17) is 35.8 Å². The Morgan fingerprint density at radius 3 is 2.31 bits per heavy atom. The van der Waals surface area contributed by atoms with Crippen molar-refractivity contribution in [3.8, 4) is 5.75 Å². The monoisotopic (exact) mass is 696 g/mol. The van der Waals surface area contributed by atoms with Gasteiger partial charge in [-0.15, -0.1) is 0 Å². The first kappa shape index (κ1) is 39.0. The van der Waals surface area contributed by atoms with Crippen LogP contribution in [-0.2, 0) is 40.1 Å². The number of amidine groups is 1. The molecule has 2 aliphatic rings. The van der Waals surface area contributed by atoms with Crippen LogP contribution in [-0.4, -0.2) is 123 Å². The van der Waals surface area contributed by atoms with Crippen LogP contribution in [0.4, 0.5) is 4.79 Å². The average Bonchev–Trinajstić information content (AvgIpc) is 3.39. The third-order valence-electron chi connectivity index (χ3n) is 8.43. The highest BCUT2D eigenvalue weighted by Gasteiger charge is 2.50. The van der Waals surface area contributed by atoms with Gasteiger partial charge in [-0.1, -0.05) is 25.5 Å². The Bertz CT molecular complexity index is 1400. The van der Waals surface area contributed by atoms with Crippen molar-refractivity contribution in [2.75, 3.05) is 58.7 Å². The number of rotatable bonds is 17. The number of hydrogen-bond donors (Lipinski definition) is 4. The normalized spacial score (nSPS) is 19.9. The highest BCUT2D eigenvalue weighted by molar-refractivity contribution is 7.93. The molecule has 2 saturated heterocycles. The van der Waals surface area contributed by atoms with E-state index >= 15 is 0 Å². The number of benzene rings is 1. The number of ether oxygens (including phenoxy) is 4. The molecule has 1 aromatic carbocycles. The predicted octanol–water partition coefficient (Wildman–Crippen LogP) is 1.17. The van der Waals surface area contributed by atoms with Gasteiger partial charge in [0.15, 0.2) is 21.5 Å². The molecule has 2 heterocycles. The van der Waals surface area contributed by atoms with Gasteiger partial charge in [-0.05, 0) is 57.7 Å². The van der Waals surface area contributed by atoms with Crippen LogP contribution < -0.4 is 21.5 Å². The van der Waals surface area contributed by atoms with Gasteiger partial charge in [0.1, 0.15) is 23.8 Å². The number of unbranched alkanes of at least 4 members (excludes halogenated alkanes) is 1. The molecule has 3 atom stereocenters. The van der Waals surface area contributed by atoms with E-state index in [9.17, 15) is 22.8 Å². The molecule has 48 heavy (non-hydrogen) atoms. The van der Waals surface area contributed by atoms with Crippen LogP contribution in [0.25, 0.3) is 0 Å². The van der Waals surface area contributed by atoms with E-state index in [1.54, 1.807) is 45.0 Å². The molecular formula is C32H52N6O9S. The Balaban J connectivity index is 1.59. The summed E-state index contributed by atoms with van der Waals surface area (Å²) in [5.41, 5.74) is 10.5. The largest absolute Gasteiger partial charge is 0.490 e. The lowest BCUT2D eigenvalue weighted by atomic mass is 9.88. The zero-order valence-corrected chi connectivity index (χ0v) is 29.5. The highest BCUT2D eigenvalue weighted by atomic mass is 32.2. The summed E-state index contributed by atoms with van der Waals surface area (Å²) in [7, 11) is -2.90. The van der Waals surface area contributed by atoms with Crippen LogP contribution in [0.2, 0.25) is 0 Å². The van der Waals surface area contributed by atoms with Gasteiger partial charge in [0, 0.05) is 39.1 Å². The number of amides is 1. The van der Waals surface area contributed by atoms with Crippen LogP contribution in [0.3, 0.4) is 0 Å². The molecule has 3 unspecified atom stereocenters. The quantitative estimate of drug-likeness (QED) is 0.0780. The van der Waals surface area contributed by atoms with Gasteiger partial charge in [0.25, 0.3) is 0 Å². The van der Waals surface area contributed by atoms with Crippen LogP contribution in [0.15, 0.2) is 24.3 Å². The van der Waals surface area contributed by atoms with Crippen LogP contribution in [0.1, 0.15) is 58.9 Å². The first-order valence-corrected chi connectivity index (χ1v) is 17.9. The fourth-order valence-corrected chi connectivity index (χ4v) is 7.53. The Morgan fingerprint density at radius 2 is 1.75 bits per heavy atom. The van der Waals surface area contributed by atoms with E-state index in [0.717, 1.165) is 7.11 Å². The maximum atomic E-state index is 13.5. The summed E-state index contributed by atoms with van der Waals surface area (Å²) >= 11 is 0. The van der Waals surface area contributed by atoms with E-state index in [-0.39, 0.29) is 44.1 Å². The van der Waals surface area contributed by atoms with Crippen molar-refractivity contribution in [3.63, 3.8) is 0 Å². The second-order valence-corrected chi connectivity index (χ2v) is 15.6. The van der Waals surface area contributed by atoms with E-state index in [2.05, 4.69) is 5.32 Å². The van der Waals surface area contributed by atoms with Crippen LogP contribution in [0.5, 0.6) is 5.75 Å². The molecule has 2 aliphatic heterocycles. The van der Waals surface area contributed by atoms with Gasteiger partial charge in [0.05, 0.1) is 19.4 Å². The van der Waals surface area contributed by atoms with Crippen LogP contribution >= 0.6 is 0 Å². The number of methoxy groups -OCH3 is 1. The van der Waals surface area contributed by atoms with Gasteiger partial charge in [-0.2, -0.15) is 0 Å². The SMILES string of the molecule is CCCCS(=O)(=O)C(N)(Cc1ccc(OCC2CN(CCCC(C(=N)N)(C(=O)OC(C)(C)C)N3CCNCC3)C(=O)O2)cc1)C(=O)OC. The van der Waals surface area contributed by atoms with Crippen LogP contribution in [0, 0.1) is 5.41 Å². The second-order valence-electron chi connectivity index (χ2n) is 13.3. The summed E-state index contributed by atoms with van der Waals surface area (Å²) < 4.78 is 47.7. The van der Waals surface area contributed by atoms with Gasteiger partial charge >= 0.3 is 18.0 Å². The number of carbonyl (C=O) groups is 3. The third-order valence-corrected chi connectivity index (χ3v) is 10.7. The number of nitrogens with zero attached hydrogens (tertiary/aromatic N) is 2. The minimum atomic E-state index is -4.00. The number of nitrogens with two attached hydrogens (primary N) is 2. The summed E-state index contributed by atoms with van der Waals surface area (Å²) in [4.78, 5) is 39.9. The molecule has 1 aromatic rings. The van der Waals surface area contributed by atoms with E-state index in [1.165, 1.54) is 4.90 Å². The molecule has 0 aromatic heterocycles. The van der Waals surface area contributed by atoms with E-state index in [0.29, 0.717) is 56.8 Å². The molecule has 0 saturated carbocycles. The minimum absolute atomic E-state index is 0.0615. The predicted molar refractivity (Wildman–Crippen MR) is 179 cm³/mol. The van der Waals surface area contributed by atoms with Gasteiger partial charge in [-0.3, -0.25) is 10.3 Å². The molecular weight excluding hydrogens is 644 g/mol. The molecule has 2 fully saturated rings. The van der Waals surface area contributed by atoms with E-state index < -0.39 is 50.0 Å². The summed E-state index contributed by atoms with van der Waals surface area (Å²) in [6.07, 6.45) is 0.211. The maximum absolute atomic E-state index is 13.5. The minimum Gasteiger partial charge on any atom is -0.490 e. The first-order valence-electron chi connectivity index (χ1n) is 16.3. The highest BCUT2D eigenvalue weighted by Crippen LogP contribution is 2.28. The summed E-state index contributed by atoms with van der Waals surface area (Å²) in [6.45, 7) is 10.1. The summed E-state index contributed by atoms with van der Waals surface area (Å²) in [5, 5.41) is 11.7. The van der Waals surface area contributed by atoms with Gasteiger partial charge in [-0.25, -0.2) is 22.8 Å². The zero-order chi connectivity index (χ0) is 35.8. The fourth-order valence-electron chi connectivity index (χ4n) is 5.78. The number of hydrogen-bond acceptors (Lipinski definition) is 13. The van der Waals surface area contributed by atoms with Crippen molar-refractivity contribution in [1.82, 2.24) is 15.1 Å². The molecule has 1 amide bonds. The first-order chi connectivity index (χ1) is 22.5. The molecule has 270 valence electrons. The lowest BCUT2D eigenvalue weighted by Gasteiger charge is -2.44. The number of piperazine rings is 1. The lowest BCUT2D eigenvalue weighted by Crippen LogP contribution is -2.67.